The second-order valence-electron chi connectivity index (χ2n) is 7.52. The summed E-state index contributed by atoms with van der Waals surface area (Å²) in [5.41, 5.74) is 10.6. The highest BCUT2D eigenvalue weighted by Crippen LogP contribution is 2.19. The third-order valence-electron chi connectivity index (χ3n) is 4.95. The number of hydrogen-bond donors (Lipinski definition) is 7. The lowest BCUT2D eigenvalue weighted by Gasteiger charge is -2.29. The first kappa shape index (κ1) is 26.8. The Balaban J connectivity index is 2.93. The van der Waals surface area contributed by atoms with Crippen molar-refractivity contribution in [3.8, 4) is 0 Å². The van der Waals surface area contributed by atoms with Crippen LogP contribution in [0.1, 0.15) is 39.0 Å². The number of aliphatic hydroxyl groups is 1. The summed E-state index contributed by atoms with van der Waals surface area (Å²) in [6.07, 6.45) is -2.01. The van der Waals surface area contributed by atoms with E-state index in [0.29, 0.717) is 6.42 Å². The number of hydrogen-bond acceptors (Lipinski definition) is 8. The van der Waals surface area contributed by atoms with Gasteiger partial charge in [0.25, 0.3) is 0 Å². The third kappa shape index (κ3) is 7.77. The summed E-state index contributed by atoms with van der Waals surface area (Å²) < 4.78 is 0. The standard InChI is InChI=1S/C18H29N5O9/c1-8(24)14(20)17(30)23-6-2-3-11(23)16(29)22-10(7-13(26)27)15(28)21-9(18(31)32)4-5-12(19)25/h8-11,14,24H,2-7,20H2,1H3,(H2,19,25)(H,21,28)(H,22,29)(H,26,27)(H,31,32). The zero-order valence-electron chi connectivity index (χ0n) is 17.5. The van der Waals surface area contributed by atoms with E-state index in [2.05, 4.69) is 10.6 Å². The average molecular weight is 459 g/mol. The van der Waals surface area contributed by atoms with Crippen molar-refractivity contribution in [2.45, 2.75) is 69.3 Å². The largest absolute Gasteiger partial charge is 0.481 e. The van der Waals surface area contributed by atoms with Crippen LogP contribution in [-0.2, 0) is 28.8 Å². The Hall–Kier alpha value is -3.26. The van der Waals surface area contributed by atoms with Crippen LogP contribution < -0.4 is 22.1 Å². The number of nitrogens with zero attached hydrogens (tertiary/aromatic N) is 1. The molecule has 0 aromatic carbocycles. The Bertz CT molecular complexity index is 757. The number of carbonyl (C=O) groups excluding carboxylic acids is 4. The highest BCUT2D eigenvalue weighted by Gasteiger charge is 2.39. The molecule has 5 unspecified atom stereocenters. The van der Waals surface area contributed by atoms with E-state index in [1.807, 2.05) is 0 Å². The Labute approximate surface area is 183 Å². The molecule has 0 saturated carbocycles. The first-order valence-electron chi connectivity index (χ1n) is 9.92. The summed E-state index contributed by atoms with van der Waals surface area (Å²) in [6.45, 7) is 1.50. The van der Waals surface area contributed by atoms with Gasteiger partial charge in [-0.15, -0.1) is 0 Å². The van der Waals surface area contributed by atoms with Crippen LogP contribution in [0.15, 0.2) is 0 Å². The number of amides is 4. The monoisotopic (exact) mass is 459 g/mol. The predicted octanol–water partition coefficient (Wildman–Crippen LogP) is -3.52. The predicted molar refractivity (Wildman–Crippen MR) is 107 cm³/mol. The van der Waals surface area contributed by atoms with E-state index in [0.717, 1.165) is 4.90 Å². The molecule has 32 heavy (non-hydrogen) atoms. The van der Waals surface area contributed by atoms with E-state index in [1.165, 1.54) is 6.92 Å². The van der Waals surface area contributed by atoms with Crippen molar-refractivity contribution in [1.29, 1.82) is 0 Å². The third-order valence-corrected chi connectivity index (χ3v) is 4.95. The fourth-order valence-corrected chi connectivity index (χ4v) is 3.17. The average Bonchev–Trinajstić information content (AvgIpc) is 3.18. The summed E-state index contributed by atoms with van der Waals surface area (Å²) >= 11 is 0. The number of carbonyl (C=O) groups is 6. The SMILES string of the molecule is CC(O)C(N)C(=O)N1CCCC1C(=O)NC(CC(=O)O)C(=O)NC(CCC(N)=O)C(=O)O. The maximum atomic E-state index is 12.7. The highest BCUT2D eigenvalue weighted by molar-refractivity contribution is 5.96. The van der Waals surface area contributed by atoms with Gasteiger partial charge < -0.3 is 42.3 Å². The lowest BCUT2D eigenvalue weighted by atomic mass is 10.1. The number of carboxylic acids is 2. The van der Waals surface area contributed by atoms with Crippen LogP contribution >= 0.6 is 0 Å². The molecular formula is C18H29N5O9. The van der Waals surface area contributed by atoms with Crippen LogP contribution in [0, 0.1) is 0 Å². The number of carboxylic acid groups (broad SMARTS) is 2. The van der Waals surface area contributed by atoms with Crippen LogP contribution in [0.2, 0.25) is 0 Å². The summed E-state index contributed by atoms with van der Waals surface area (Å²) in [4.78, 5) is 72.2. The van der Waals surface area contributed by atoms with Gasteiger partial charge in [-0.3, -0.25) is 24.0 Å². The molecule has 0 aromatic heterocycles. The van der Waals surface area contributed by atoms with Crippen molar-refractivity contribution < 1.29 is 44.1 Å². The van der Waals surface area contributed by atoms with Gasteiger partial charge >= 0.3 is 11.9 Å². The molecule has 0 radical (unpaired) electrons. The minimum absolute atomic E-state index is 0.182. The summed E-state index contributed by atoms with van der Waals surface area (Å²) in [5, 5.41) is 32.1. The molecule has 0 bridgehead atoms. The fourth-order valence-electron chi connectivity index (χ4n) is 3.17. The minimum Gasteiger partial charge on any atom is -0.481 e. The van der Waals surface area contributed by atoms with Crippen LogP contribution in [0.5, 0.6) is 0 Å². The zero-order valence-corrected chi connectivity index (χ0v) is 17.5. The van der Waals surface area contributed by atoms with E-state index >= 15 is 0 Å². The number of primary amides is 1. The maximum Gasteiger partial charge on any atom is 0.326 e. The quantitative estimate of drug-likeness (QED) is 0.152. The van der Waals surface area contributed by atoms with E-state index in [1.54, 1.807) is 0 Å². The highest BCUT2D eigenvalue weighted by atomic mass is 16.4. The van der Waals surface area contributed by atoms with Crippen LogP contribution in [0.25, 0.3) is 0 Å². The van der Waals surface area contributed by atoms with Crippen molar-refractivity contribution in [2.75, 3.05) is 6.54 Å². The van der Waals surface area contributed by atoms with Gasteiger partial charge in [0, 0.05) is 13.0 Å². The molecule has 1 aliphatic rings. The smallest absolute Gasteiger partial charge is 0.326 e. The Morgan fingerprint density at radius 1 is 1.09 bits per heavy atom. The van der Waals surface area contributed by atoms with Gasteiger partial charge in [0.05, 0.1) is 12.5 Å². The summed E-state index contributed by atoms with van der Waals surface area (Å²) in [5.74, 6) is -6.28. The van der Waals surface area contributed by atoms with Gasteiger partial charge in [-0.1, -0.05) is 0 Å². The number of nitrogens with one attached hydrogen (secondary N) is 2. The normalized spacial score (nSPS) is 19.3. The maximum absolute atomic E-state index is 12.7. The fraction of sp³-hybridized carbons (Fsp3) is 0.667. The molecule has 1 rings (SSSR count). The second-order valence-corrected chi connectivity index (χ2v) is 7.52. The molecule has 1 aliphatic heterocycles. The molecule has 0 aromatic rings. The first-order chi connectivity index (χ1) is 14.8. The van der Waals surface area contributed by atoms with E-state index < -0.39 is 72.3 Å². The summed E-state index contributed by atoms with van der Waals surface area (Å²) in [7, 11) is 0. The van der Waals surface area contributed by atoms with Crippen molar-refractivity contribution in [3.05, 3.63) is 0 Å². The molecule has 180 valence electrons. The zero-order chi connectivity index (χ0) is 24.6. The summed E-state index contributed by atoms with van der Waals surface area (Å²) in [6, 6.07) is -5.47. The molecular weight excluding hydrogens is 430 g/mol. The van der Waals surface area contributed by atoms with E-state index in [4.69, 9.17) is 16.6 Å². The Kier molecular flexibility index (Phi) is 10.00. The lowest BCUT2D eigenvalue weighted by molar-refractivity contribution is -0.145. The molecule has 1 saturated heterocycles. The second kappa shape index (κ2) is 12.0. The van der Waals surface area contributed by atoms with Crippen LogP contribution in [0.4, 0.5) is 0 Å². The van der Waals surface area contributed by atoms with Gasteiger partial charge in [0.1, 0.15) is 24.2 Å². The molecule has 0 aliphatic carbocycles. The molecule has 14 heteroatoms. The van der Waals surface area contributed by atoms with Gasteiger partial charge in [0.2, 0.25) is 23.6 Å². The van der Waals surface area contributed by atoms with Gasteiger partial charge in [-0.05, 0) is 26.2 Å². The topological polar surface area (TPSA) is 242 Å². The van der Waals surface area contributed by atoms with Gasteiger partial charge in [0.15, 0.2) is 0 Å². The Morgan fingerprint density at radius 3 is 2.22 bits per heavy atom. The van der Waals surface area contributed by atoms with Crippen molar-refractivity contribution in [2.24, 2.45) is 11.5 Å². The van der Waals surface area contributed by atoms with Gasteiger partial charge in [-0.25, -0.2) is 4.79 Å². The number of aliphatic hydroxyl groups excluding tert-OH is 1. The number of likely N-dealkylation sites (tertiary alicyclic amines) is 1. The van der Waals surface area contributed by atoms with Crippen molar-refractivity contribution in [1.82, 2.24) is 15.5 Å². The van der Waals surface area contributed by atoms with Crippen molar-refractivity contribution >= 4 is 35.6 Å². The van der Waals surface area contributed by atoms with Crippen molar-refractivity contribution in [3.63, 3.8) is 0 Å². The molecule has 14 nitrogen and oxygen atoms in total. The number of nitrogens with two attached hydrogens (primary N) is 2. The lowest BCUT2D eigenvalue weighted by Crippen LogP contribution is -2.58. The molecule has 9 N–H and O–H groups in total. The molecule has 4 amide bonds. The van der Waals surface area contributed by atoms with E-state index in [9.17, 15) is 39.0 Å². The molecule has 1 fully saturated rings. The van der Waals surface area contributed by atoms with Crippen LogP contribution in [-0.4, -0.2) is 92.6 Å². The van der Waals surface area contributed by atoms with Crippen LogP contribution in [0.3, 0.4) is 0 Å². The number of aliphatic carboxylic acids is 2. The minimum atomic E-state index is -1.64. The number of rotatable bonds is 12. The molecule has 0 spiro atoms. The van der Waals surface area contributed by atoms with Gasteiger partial charge in [-0.2, -0.15) is 0 Å². The molecule has 1 heterocycles. The Morgan fingerprint density at radius 2 is 1.72 bits per heavy atom. The molecule has 5 atom stereocenters. The first-order valence-corrected chi connectivity index (χ1v) is 9.92. The van der Waals surface area contributed by atoms with E-state index in [-0.39, 0.29) is 25.8 Å².